The van der Waals surface area contributed by atoms with E-state index in [0.717, 1.165) is 36.0 Å². The molecule has 0 fully saturated rings. The Bertz CT molecular complexity index is 614. The van der Waals surface area contributed by atoms with E-state index in [4.69, 9.17) is 5.73 Å². The maximum Gasteiger partial charge on any atom is 0.416 e. The molecule has 0 radical (unpaired) electrons. The van der Waals surface area contributed by atoms with Crippen LogP contribution in [0.15, 0.2) is 41.3 Å². The van der Waals surface area contributed by atoms with Crippen LogP contribution in [0.3, 0.4) is 0 Å². The highest BCUT2D eigenvalue weighted by Crippen LogP contribution is 2.32. The van der Waals surface area contributed by atoms with Crippen LogP contribution in [-0.4, -0.2) is 0 Å². The summed E-state index contributed by atoms with van der Waals surface area (Å²) in [5.41, 5.74) is 5.04. The van der Waals surface area contributed by atoms with Crippen molar-refractivity contribution in [3.05, 3.63) is 59.2 Å². The number of rotatable bonds is 3. The molecule has 0 heterocycles. The molecule has 0 aliphatic heterocycles. The fourth-order valence-corrected chi connectivity index (χ4v) is 2.56. The first-order valence-electron chi connectivity index (χ1n) is 5.81. The van der Waals surface area contributed by atoms with Crippen LogP contribution in [0.25, 0.3) is 0 Å². The molecule has 1 nitrogen and oxygen atoms in total. The van der Waals surface area contributed by atoms with Crippen LogP contribution in [0.5, 0.6) is 0 Å². The van der Waals surface area contributed by atoms with Gasteiger partial charge in [-0.25, -0.2) is 8.78 Å². The van der Waals surface area contributed by atoms with Crippen molar-refractivity contribution in [1.29, 1.82) is 0 Å². The van der Waals surface area contributed by atoms with E-state index in [1.807, 2.05) is 0 Å². The van der Waals surface area contributed by atoms with Crippen LogP contribution >= 0.6 is 11.8 Å². The molecule has 2 aromatic carbocycles. The fourth-order valence-electron chi connectivity index (χ4n) is 1.66. The van der Waals surface area contributed by atoms with Crippen molar-refractivity contribution in [3.8, 4) is 0 Å². The molecule has 0 aromatic heterocycles. The maximum atomic E-state index is 13.5. The topological polar surface area (TPSA) is 26.0 Å². The van der Waals surface area contributed by atoms with Gasteiger partial charge in [0.2, 0.25) is 0 Å². The van der Waals surface area contributed by atoms with Crippen LogP contribution in [0.2, 0.25) is 0 Å². The van der Waals surface area contributed by atoms with Gasteiger partial charge in [-0.1, -0.05) is 12.1 Å². The standard InChI is InChI=1S/C14H10F5NS/c15-11-5-10(20)6-12(16)13(11)21-7-8-1-3-9(4-2-8)14(17,18)19/h1-6H,7,20H2. The van der Waals surface area contributed by atoms with Crippen molar-refractivity contribution in [2.75, 3.05) is 5.73 Å². The van der Waals surface area contributed by atoms with Gasteiger partial charge in [-0.2, -0.15) is 13.2 Å². The van der Waals surface area contributed by atoms with Crippen molar-refractivity contribution >= 4 is 17.4 Å². The van der Waals surface area contributed by atoms with Crippen molar-refractivity contribution in [2.24, 2.45) is 0 Å². The molecule has 0 saturated carbocycles. The maximum absolute atomic E-state index is 13.5. The third kappa shape index (κ3) is 3.87. The average molecular weight is 319 g/mol. The Labute approximate surface area is 122 Å². The number of hydrogen-bond donors (Lipinski definition) is 1. The number of benzene rings is 2. The summed E-state index contributed by atoms with van der Waals surface area (Å²) in [5, 5.41) is 0. The SMILES string of the molecule is Nc1cc(F)c(SCc2ccc(C(F)(F)F)cc2)c(F)c1. The van der Waals surface area contributed by atoms with E-state index >= 15 is 0 Å². The van der Waals surface area contributed by atoms with Gasteiger partial charge in [-0.15, -0.1) is 11.8 Å². The number of thioether (sulfide) groups is 1. The van der Waals surface area contributed by atoms with Crippen molar-refractivity contribution in [2.45, 2.75) is 16.8 Å². The molecule has 2 aromatic rings. The van der Waals surface area contributed by atoms with Gasteiger partial charge in [0.15, 0.2) is 0 Å². The Morgan fingerprint density at radius 1 is 0.952 bits per heavy atom. The first kappa shape index (κ1) is 15.6. The Hall–Kier alpha value is -1.76. The molecule has 0 spiro atoms. The highest BCUT2D eigenvalue weighted by molar-refractivity contribution is 7.98. The van der Waals surface area contributed by atoms with Crippen LogP contribution in [0.1, 0.15) is 11.1 Å². The van der Waals surface area contributed by atoms with Gasteiger partial charge in [-0.3, -0.25) is 0 Å². The first-order chi connectivity index (χ1) is 9.77. The molecule has 0 bridgehead atoms. The minimum atomic E-state index is -4.40. The summed E-state index contributed by atoms with van der Waals surface area (Å²) < 4.78 is 64.3. The summed E-state index contributed by atoms with van der Waals surface area (Å²) in [6.07, 6.45) is -4.40. The summed E-state index contributed by atoms with van der Waals surface area (Å²) in [5.74, 6) is -1.43. The van der Waals surface area contributed by atoms with Gasteiger partial charge < -0.3 is 5.73 Å². The predicted molar refractivity (Wildman–Crippen MR) is 71.8 cm³/mol. The minimum absolute atomic E-state index is 0.0242. The Kier molecular flexibility index (Phi) is 4.41. The number of hydrogen-bond acceptors (Lipinski definition) is 2. The minimum Gasteiger partial charge on any atom is -0.399 e. The number of nitrogens with two attached hydrogens (primary N) is 1. The van der Waals surface area contributed by atoms with Crippen LogP contribution in [0.4, 0.5) is 27.6 Å². The van der Waals surface area contributed by atoms with Gasteiger partial charge in [0.05, 0.1) is 10.5 Å². The van der Waals surface area contributed by atoms with Gasteiger partial charge in [-0.05, 0) is 29.8 Å². The second-order valence-electron chi connectivity index (χ2n) is 4.30. The summed E-state index contributed by atoms with van der Waals surface area (Å²) in [4.78, 5) is -0.205. The van der Waals surface area contributed by atoms with Crippen molar-refractivity contribution < 1.29 is 22.0 Å². The average Bonchev–Trinajstić information content (AvgIpc) is 2.37. The summed E-state index contributed by atoms with van der Waals surface area (Å²) in [7, 11) is 0. The van der Waals surface area contributed by atoms with Crippen LogP contribution in [0, 0.1) is 11.6 Å². The largest absolute Gasteiger partial charge is 0.416 e. The highest BCUT2D eigenvalue weighted by Gasteiger charge is 2.29. The fraction of sp³-hybridized carbons (Fsp3) is 0.143. The number of anilines is 1. The molecule has 7 heteroatoms. The van der Waals surface area contributed by atoms with Crippen LogP contribution < -0.4 is 5.73 Å². The quantitative estimate of drug-likeness (QED) is 0.497. The summed E-state index contributed by atoms with van der Waals surface area (Å²) >= 11 is 0.862. The molecule has 112 valence electrons. The van der Waals surface area contributed by atoms with Gasteiger partial charge in [0.1, 0.15) is 11.6 Å². The molecule has 0 atom stereocenters. The molecule has 0 saturated heterocycles. The zero-order chi connectivity index (χ0) is 15.6. The van der Waals surface area contributed by atoms with E-state index in [0.29, 0.717) is 5.56 Å². The van der Waals surface area contributed by atoms with Crippen molar-refractivity contribution in [1.82, 2.24) is 0 Å². The lowest BCUT2D eigenvalue weighted by Gasteiger charge is -2.08. The second kappa shape index (κ2) is 5.93. The molecular formula is C14H10F5NS. The third-order valence-electron chi connectivity index (χ3n) is 2.69. The van der Waals surface area contributed by atoms with Crippen LogP contribution in [-0.2, 0) is 11.9 Å². The number of nitrogen functional groups attached to an aromatic ring is 1. The Morgan fingerprint density at radius 2 is 1.48 bits per heavy atom. The lowest BCUT2D eigenvalue weighted by Crippen LogP contribution is -2.04. The zero-order valence-electron chi connectivity index (χ0n) is 10.5. The monoisotopic (exact) mass is 319 g/mol. The van der Waals surface area contributed by atoms with Gasteiger partial charge >= 0.3 is 6.18 Å². The zero-order valence-corrected chi connectivity index (χ0v) is 11.4. The molecule has 0 unspecified atom stereocenters. The molecule has 21 heavy (non-hydrogen) atoms. The first-order valence-corrected chi connectivity index (χ1v) is 6.79. The lowest BCUT2D eigenvalue weighted by atomic mass is 10.1. The van der Waals surface area contributed by atoms with E-state index in [-0.39, 0.29) is 16.3 Å². The Morgan fingerprint density at radius 3 is 1.95 bits per heavy atom. The number of halogens is 5. The third-order valence-corrected chi connectivity index (χ3v) is 3.84. The van der Waals surface area contributed by atoms with E-state index in [1.54, 1.807) is 0 Å². The smallest absolute Gasteiger partial charge is 0.399 e. The van der Waals surface area contributed by atoms with E-state index in [9.17, 15) is 22.0 Å². The van der Waals surface area contributed by atoms with Gasteiger partial charge in [0.25, 0.3) is 0 Å². The predicted octanol–water partition coefficient (Wildman–Crippen LogP) is 4.86. The van der Waals surface area contributed by atoms with Crippen molar-refractivity contribution in [3.63, 3.8) is 0 Å². The van der Waals surface area contributed by atoms with Gasteiger partial charge in [0, 0.05) is 11.4 Å². The molecule has 0 aliphatic carbocycles. The van der Waals surface area contributed by atoms with E-state index in [1.165, 1.54) is 12.1 Å². The normalized spacial score (nSPS) is 11.7. The summed E-state index contributed by atoms with van der Waals surface area (Å²) in [6, 6.07) is 6.43. The highest BCUT2D eigenvalue weighted by atomic mass is 32.2. The van der Waals surface area contributed by atoms with E-state index < -0.39 is 23.4 Å². The second-order valence-corrected chi connectivity index (χ2v) is 5.28. The summed E-state index contributed by atoms with van der Waals surface area (Å²) in [6.45, 7) is 0. The molecule has 0 aliphatic rings. The molecular weight excluding hydrogens is 309 g/mol. The van der Waals surface area contributed by atoms with E-state index in [2.05, 4.69) is 0 Å². The molecule has 2 rings (SSSR count). The molecule has 2 N–H and O–H groups in total. The molecule has 0 amide bonds. The lowest BCUT2D eigenvalue weighted by molar-refractivity contribution is -0.137. The Balaban J connectivity index is 2.10. The number of alkyl halides is 3.